The van der Waals surface area contributed by atoms with Crippen molar-refractivity contribution < 1.29 is 14.5 Å². The van der Waals surface area contributed by atoms with Crippen molar-refractivity contribution in [2.24, 2.45) is 5.10 Å². The number of aromatic nitrogens is 2. The zero-order chi connectivity index (χ0) is 23.7. The van der Waals surface area contributed by atoms with Crippen LogP contribution in [0.4, 0.5) is 5.69 Å². The molecule has 0 fully saturated rings. The van der Waals surface area contributed by atoms with Crippen LogP contribution >= 0.6 is 27.7 Å². The van der Waals surface area contributed by atoms with Gasteiger partial charge in [0.25, 0.3) is 5.69 Å². The van der Waals surface area contributed by atoms with E-state index < -0.39 is 10.3 Å². The van der Waals surface area contributed by atoms with Gasteiger partial charge in [0.15, 0.2) is 5.17 Å². The highest BCUT2D eigenvalue weighted by Crippen LogP contribution is 2.43. The smallest absolute Gasteiger partial charge is 0.269 e. The molecule has 10 nitrogen and oxygen atoms in total. The molecule has 12 heteroatoms. The predicted molar refractivity (Wildman–Crippen MR) is 127 cm³/mol. The number of amidine groups is 1. The molecule has 2 amide bonds. The SMILES string of the molecule is CC(=O)NC1=NN(C(C)=O)C(c2cn(-c3ccc([N+](=O)[O-])cc3)nc2-c2ccc(Br)cc2)S1. The van der Waals surface area contributed by atoms with Gasteiger partial charge in [-0.2, -0.15) is 5.10 Å². The maximum Gasteiger partial charge on any atom is 0.269 e. The fraction of sp³-hybridized carbons (Fsp3) is 0.143. The molecule has 2 heterocycles. The van der Waals surface area contributed by atoms with Crippen molar-refractivity contribution in [1.29, 1.82) is 0 Å². The topological polar surface area (TPSA) is 123 Å². The van der Waals surface area contributed by atoms with Crippen LogP contribution in [0.1, 0.15) is 24.8 Å². The number of halogens is 1. The molecule has 0 spiro atoms. The summed E-state index contributed by atoms with van der Waals surface area (Å²) < 4.78 is 2.51. The van der Waals surface area contributed by atoms with E-state index in [9.17, 15) is 19.7 Å². The quantitative estimate of drug-likeness (QED) is 0.399. The molecule has 0 radical (unpaired) electrons. The number of nitrogens with one attached hydrogen (secondary N) is 1. The van der Waals surface area contributed by atoms with Crippen molar-refractivity contribution in [3.8, 4) is 16.9 Å². The second-order valence-corrected chi connectivity index (χ2v) is 9.06. The minimum absolute atomic E-state index is 0.0262. The predicted octanol–water partition coefficient (Wildman–Crippen LogP) is 4.21. The van der Waals surface area contributed by atoms with Crippen LogP contribution in [-0.2, 0) is 9.59 Å². The maximum absolute atomic E-state index is 12.3. The van der Waals surface area contributed by atoms with Crippen LogP contribution in [0.25, 0.3) is 16.9 Å². The molecule has 168 valence electrons. The van der Waals surface area contributed by atoms with E-state index >= 15 is 0 Å². The molecule has 0 saturated carbocycles. The first-order valence-corrected chi connectivity index (χ1v) is 11.3. The molecule has 0 aliphatic carbocycles. The van der Waals surface area contributed by atoms with Gasteiger partial charge in [-0.15, -0.1) is 5.10 Å². The number of non-ortho nitro benzene ring substituents is 1. The number of rotatable bonds is 4. The van der Waals surface area contributed by atoms with Crippen LogP contribution < -0.4 is 5.32 Å². The number of carbonyl (C=O) groups excluding carboxylic acids is 2. The van der Waals surface area contributed by atoms with E-state index in [0.717, 1.165) is 10.0 Å². The van der Waals surface area contributed by atoms with Gasteiger partial charge >= 0.3 is 0 Å². The van der Waals surface area contributed by atoms with Gasteiger partial charge in [0.2, 0.25) is 11.8 Å². The number of amides is 2. The number of nitrogens with zero attached hydrogens (tertiary/aromatic N) is 5. The van der Waals surface area contributed by atoms with Crippen LogP contribution in [0.2, 0.25) is 0 Å². The Bertz CT molecular complexity index is 1270. The molecule has 1 aliphatic rings. The number of nitro benzene ring substituents is 1. The Morgan fingerprint density at radius 3 is 2.36 bits per heavy atom. The largest absolute Gasteiger partial charge is 0.304 e. The third kappa shape index (κ3) is 4.81. The van der Waals surface area contributed by atoms with Gasteiger partial charge in [-0.3, -0.25) is 19.7 Å². The molecule has 1 unspecified atom stereocenters. The van der Waals surface area contributed by atoms with Gasteiger partial charge in [0.05, 0.1) is 16.3 Å². The van der Waals surface area contributed by atoms with Gasteiger partial charge < -0.3 is 5.32 Å². The first-order valence-electron chi connectivity index (χ1n) is 9.66. The molecule has 3 aromatic rings. The highest BCUT2D eigenvalue weighted by atomic mass is 79.9. The zero-order valence-electron chi connectivity index (χ0n) is 17.4. The summed E-state index contributed by atoms with van der Waals surface area (Å²) in [6.45, 7) is 2.77. The lowest BCUT2D eigenvalue weighted by Crippen LogP contribution is -2.25. The minimum atomic E-state index is -0.560. The van der Waals surface area contributed by atoms with Crippen LogP contribution in [-0.4, -0.2) is 36.7 Å². The van der Waals surface area contributed by atoms with Crippen LogP contribution in [0.15, 0.2) is 64.3 Å². The maximum atomic E-state index is 12.3. The molecule has 2 aromatic carbocycles. The van der Waals surface area contributed by atoms with Gasteiger partial charge in [0, 0.05) is 47.8 Å². The molecular formula is C21H17BrN6O4S. The van der Waals surface area contributed by atoms with Gasteiger partial charge in [-0.1, -0.05) is 39.8 Å². The summed E-state index contributed by atoms with van der Waals surface area (Å²) in [5.41, 5.74) is 2.71. The lowest BCUT2D eigenvalue weighted by Gasteiger charge is -2.18. The number of hydrazone groups is 1. The van der Waals surface area contributed by atoms with Crippen molar-refractivity contribution in [3.63, 3.8) is 0 Å². The number of hydrogen-bond donors (Lipinski definition) is 1. The first-order chi connectivity index (χ1) is 15.7. The Balaban J connectivity index is 1.80. The second kappa shape index (κ2) is 9.16. The van der Waals surface area contributed by atoms with Crippen molar-refractivity contribution in [3.05, 3.63) is 74.9 Å². The molecule has 0 saturated heterocycles. The Morgan fingerprint density at radius 1 is 1.12 bits per heavy atom. The average Bonchev–Trinajstić information content (AvgIpc) is 3.38. The van der Waals surface area contributed by atoms with Crippen LogP contribution in [0.5, 0.6) is 0 Å². The zero-order valence-corrected chi connectivity index (χ0v) is 19.8. The molecule has 1 aliphatic heterocycles. The van der Waals surface area contributed by atoms with E-state index in [1.807, 2.05) is 24.3 Å². The van der Waals surface area contributed by atoms with Gasteiger partial charge in [0.1, 0.15) is 5.37 Å². The van der Waals surface area contributed by atoms with E-state index in [1.165, 1.54) is 42.8 Å². The van der Waals surface area contributed by atoms with Crippen molar-refractivity contribution in [2.45, 2.75) is 19.2 Å². The van der Waals surface area contributed by atoms with Crippen LogP contribution in [0, 0.1) is 10.1 Å². The Kier molecular flexibility index (Phi) is 6.29. The summed E-state index contributed by atoms with van der Waals surface area (Å²) in [5.74, 6) is -0.585. The molecule has 4 rings (SSSR count). The molecule has 33 heavy (non-hydrogen) atoms. The lowest BCUT2D eigenvalue weighted by atomic mass is 10.1. The summed E-state index contributed by atoms with van der Waals surface area (Å²) >= 11 is 4.65. The summed E-state index contributed by atoms with van der Waals surface area (Å²) in [5, 5.41) is 23.7. The lowest BCUT2D eigenvalue weighted by molar-refractivity contribution is -0.384. The van der Waals surface area contributed by atoms with E-state index in [0.29, 0.717) is 22.1 Å². The molecule has 1 aromatic heterocycles. The summed E-state index contributed by atoms with van der Waals surface area (Å²) in [7, 11) is 0. The van der Waals surface area contributed by atoms with E-state index in [4.69, 9.17) is 5.10 Å². The van der Waals surface area contributed by atoms with Gasteiger partial charge in [-0.25, -0.2) is 9.69 Å². The summed E-state index contributed by atoms with van der Waals surface area (Å²) in [6.07, 6.45) is 1.76. The fourth-order valence-corrected chi connectivity index (χ4v) is 4.63. The number of carbonyl (C=O) groups is 2. The van der Waals surface area contributed by atoms with Crippen molar-refractivity contribution >= 4 is 50.4 Å². The Labute approximate surface area is 200 Å². The van der Waals surface area contributed by atoms with Gasteiger partial charge in [-0.05, 0) is 24.3 Å². The normalized spacial score (nSPS) is 15.3. The molecular weight excluding hydrogens is 512 g/mol. The van der Waals surface area contributed by atoms with E-state index in [-0.39, 0.29) is 17.5 Å². The number of hydrogen-bond acceptors (Lipinski definition) is 7. The fourth-order valence-electron chi connectivity index (χ4n) is 3.22. The van der Waals surface area contributed by atoms with Crippen LogP contribution in [0.3, 0.4) is 0 Å². The Hall–Kier alpha value is -3.51. The van der Waals surface area contributed by atoms with E-state index in [1.54, 1.807) is 23.0 Å². The van der Waals surface area contributed by atoms with Crippen molar-refractivity contribution in [1.82, 2.24) is 20.1 Å². The summed E-state index contributed by atoms with van der Waals surface area (Å²) in [6, 6.07) is 13.6. The number of thioether (sulfide) groups is 1. The third-order valence-electron chi connectivity index (χ3n) is 4.70. The first kappa shape index (κ1) is 22.7. The van der Waals surface area contributed by atoms with E-state index in [2.05, 4.69) is 26.3 Å². The monoisotopic (exact) mass is 528 g/mol. The van der Waals surface area contributed by atoms with Crippen molar-refractivity contribution in [2.75, 3.05) is 0 Å². The Morgan fingerprint density at radius 2 is 1.79 bits per heavy atom. The average molecular weight is 529 g/mol. The number of nitro groups is 1. The standard InChI is InChI=1S/C21H17BrN6O4S/c1-12(29)23-21-25-27(13(2)30)20(33-21)18-11-26(16-7-9-17(10-8-16)28(31)32)24-19(18)14-3-5-15(22)6-4-14/h3-11,20H,1-2H3,(H,23,25,29). The highest BCUT2D eigenvalue weighted by molar-refractivity contribution is 9.10. The molecule has 1 N–H and O–H groups in total. The second-order valence-electron chi connectivity index (χ2n) is 7.08. The molecule has 1 atom stereocenters. The third-order valence-corrected chi connectivity index (χ3v) is 6.31. The minimum Gasteiger partial charge on any atom is -0.304 e. The summed E-state index contributed by atoms with van der Waals surface area (Å²) in [4.78, 5) is 34.4. The number of benzene rings is 2. The molecule has 0 bridgehead atoms. The highest BCUT2D eigenvalue weighted by Gasteiger charge is 2.35.